The zero-order valence-electron chi connectivity index (χ0n) is 9.22. The molecular weight excluding hydrogens is 180 g/mol. The van der Waals surface area contributed by atoms with E-state index in [1.165, 1.54) is 0 Å². The minimum Gasteiger partial charge on any atom is -0.359 e. The van der Waals surface area contributed by atoms with Gasteiger partial charge in [-0.3, -0.25) is 9.59 Å². The molecule has 4 heteroatoms. The molecule has 0 rings (SSSR count). The third kappa shape index (κ3) is 4.84. The molecule has 0 saturated heterocycles. The van der Waals surface area contributed by atoms with Crippen molar-refractivity contribution in [1.29, 1.82) is 0 Å². The van der Waals surface area contributed by atoms with E-state index < -0.39 is 0 Å². The normalized spacial score (nSPS) is 11.9. The minimum atomic E-state index is -0.110. The summed E-state index contributed by atoms with van der Waals surface area (Å²) in [5.74, 6) is -0.0973. The van der Waals surface area contributed by atoms with Gasteiger partial charge in [-0.25, -0.2) is 0 Å². The van der Waals surface area contributed by atoms with Crippen LogP contribution in [-0.4, -0.2) is 25.4 Å². The SMILES string of the molecule is CCCC(=O)NCC(CC)C(=O)NC. The van der Waals surface area contributed by atoms with Crippen molar-refractivity contribution in [1.82, 2.24) is 10.6 Å². The first-order valence-corrected chi connectivity index (χ1v) is 5.13. The average Bonchev–Trinajstić information content (AvgIpc) is 2.18. The van der Waals surface area contributed by atoms with E-state index in [9.17, 15) is 9.59 Å². The number of hydrogen-bond acceptors (Lipinski definition) is 2. The van der Waals surface area contributed by atoms with Crippen LogP contribution in [-0.2, 0) is 9.59 Å². The molecule has 0 saturated carbocycles. The fourth-order valence-corrected chi connectivity index (χ4v) is 1.18. The Kier molecular flexibility index (Phi) is 6.80. The van der Waals surface area contributed by atoms with E-state index in [2.05, 4.69) is 10.6 Å². The molecule has 14 heavy (non-hydrogen) atoms. The molecule has 0 fully saturated rings. The van der Waals surface area contributed by atoms with Gasteiger partial charge in [-0.15, -0.1) is 0 Å². The first-order valence-electron chi connectivity index (χ1n) is 5.13. The number of amides is 2. The highest BCUT2D eigenvalue weighted by atomic mass is 16.2. The number of nitrogens with one attached hydrogen (secondary N) is 2. The van der Waals surface area contributed by atoms with Gasteiger partial charge in [0.2, 0.25) is 11.8 Å². The summed E-state index contributed by atoms with van der Waals surface area (Å²) in [5.41, 5.74) is 0. The molecule has 0 spiro atoms. The zero-order valence-corrected chi connectivity index (χ0v) is 9.22. The molecule has 2 amide bonds. The van der Waals surface area contributed by atoms with Crippen LogP contribution >= 0.6 is 0 Å². The van der Waals surface area contributed by atoms with Crippen molar-refractivity contribution in [2.24, 2.45) is 5.92 Å². The minimum absolute atomic E-state index is 0.00991. The summed E-state index contributed by atoms with van der Waals surface area (Å²) in [6.07, 6.45) is 2.11. The van der Waals surface area contributed by atoms with Crippen LogP contribution in [0.15, 0.2) is 0 Å². The van der Waals surface area contributed by atoms with Crippen LogP contribution in [0.5, 0.6) is 0 Å². The van der Waals surface area contributed by atoms with Gasteiger partial charge in [-0.05, 0) is 12.8 Å². The molecule has 2 N–H and O–H groups in total. The summed E-state index contributed by atoms with van der Waals surface area (Å²) in [6.45, 7) is 4.33. The van der Waals surface area contributed by atoms with Crippen molar-refractivity contribution in [2.45, 2.75) is 33.1 Å². The maximum absolute atomic E-state index is 11.3. The molecule has 1 atom stereocenters. The quantitative estimate of drug-likeness (QED) is 0.662. The van der Waals surface area contributed by atoms with Crippen molar-refractivity contribution in [2.75, 3.05) is 13.6 Å². The predicted molar refractivity (Wildman–Crippen MR) is 55.8 cm³/mol. The van der Waals surface area contributed by atoms with Gasteiger partial charge in [0.05, 0.1) is 5.92 Å². The van der Waals surface area contributed by atoms with Gasteiger partial charge in [0.1, 0.15) is 0 Å². The van der Waals surface area contributed by atoms with Gasteiger partial charge >= 0.3 is 0 Å². The van der Waals surface area contributed by atoms with Crippen LogP contribution in [0.1, 0.15) is 33.1 Å². The van der Waals surface area contributed by atoms with E-state index in [0.717, 1.165) is 12.8 Å². The highest BCUT2D eigenvalue weighted by Crippen LogP contribution is 2.00. The van der Waals surface area contributed by atoms with E-state index in [-0.39, 0.29) is 17.7 Å². The molecule has 4 nitrogen and oxygen atoms in total. The molecule has 0 aliphatic carbocycles. The molecule has 0 radical (unpaired) electrons. The smallest absolute Gasteiger partial charge is 0.224 e. The number of carbonyl (C=O) groups is 2. The maximum Gasteiger partial charge on any atom is 0.224 e. The van der Waals surface area contributed by atoms with Gasteiger partial charge in [0, 0.05) is 20.0 Å². The van der Waals surface area contributed by atoms with Crippen LogP contribution in [0.2, 0.25) is 0 Å². The Morgan fingerprint density at radius 2 is 1.93 bits per heavy atom. The standard InChI is InChI=1S/C10H20N2O2/c1-4-6-9(13)12-7-8(5-2)10(14)11-3/h8H,4-7H2,1-3H3,(H,11,14)(H,12,13). The Morgan fingerprint density at radius 3 is 2.36 bits per heavy atom. The molecule has 0 aromatic heterocycles. The summed E-state index contributed by atoms with van der Waals surface area (Å²) in [4.78, 5) is 22.4. The highest BCUT2D eigenvalue weighted by Gasteiger charge is 2.15. The van der Waals surface area contributed by atoms with Gasteiger partial charge in [0.15, 0.2) is 0 Å². The number of carbonyl (C=O) groups excluding carboxylic acids is 2. The summed E-state index contributed by atoms with van der Waals surface area (Å²) in [7, 11) is 1.61. The van der Waals surface area contributed by atoms with Crippen molar-refractivity contribution < 1.29 is 9.59 Å². The highest BCUT2D eigenvalue weighted by molar-refractivity contribution is 5.80. The van der Waals surface area contributed by atoms with Crippen molar-refractivity contribution in [3.8, 4) is 0 Å². The summed E-state index contributed by atoms with van der Waals surface area (Å²) >= 11 is 0. The van der Waals surface area contributed by atoms with E-state index in [1.54, 1.807) is 7.05 Å². The fourth-order valence-electron chi connectivity index (χ4n) is 1.18. The first-order chi connectivity index (χ1) is 6.65. The lowest BCUT2D eigenvalue weighted by Crippen LogP contribution is -2.37. The van der Waals surface area contributed by atoms with Crippen LogP contribution in [0.3, 0.4) is 0 Å². The van der Waals surface area contributed by atoms with Crippen LogP contribution in [0.25, 0.3) is 0 Å². The number of rotatable bonds is 6. The predicted octanol–water partition coefficient (Wildman–Crippen LogP) is 0.675. The van der Waals surface area contributed by atoms with Crippen molar-refractivity contribution >= 4 is 11.8 Å². The van der Waals surface area contributed by atoms with Crippen LogP contribution in [0, 0.1) is 5.92 Å². The lowest BCUT2D eigenvalue weighted by molar-refractivity contribution is -0.125. The molecule has 0 bridgehead atoms. The molecule has 82 valence electrons. The molecule has 0 heterocycles. The van der Waals surface area contributed by atoms with E-state index >= 15 is 0 Å². The molecule has 1 unspecified atom stereocenters. The monoisotopic (exact) mass is 200 g/mol. The second-order valence-electron chi connectivity index (χ2n) is 3.27. The third-order valence-corrected chi connectivity index (χ3v) is 2.13. The Balaban J connectivity index is 3.83. The Labute approximate surface area is 85.4 Å². The summed E-state index contributed by atoms with van der Waals surface area (Å²) < 4.78 is 0. The topological polar surface area (TPSA) is 58.2 Å². The zero-order chi connectivity index (χ0) is 11.0. The average molecular weight is 200 g/mol. The lowest BCUT2D eigenvalue weighted by Gasteiger charge is -2.13. The van der Waals surface area contributed by atoms with Gasteiger partial charge in [0.25, 0.3) is 0 Å². The Bertz CT molecular complexity index is 193. The van der Waals surface area contributed by atoms with Crippen LogP contribution in [0.4, 0.5) is 0 Å². The molecule has 0 aromatic carbocycles. The second kappa shape index (κ2) is 7.35. The van der Waals surface area contributed by atoms with Crippen molar-refractivity contribution in [3.63, 3.8) is 0 Å². The van der Waals surface area contributed by atoms with E-state index in [0.29, 0.717) is 13.0 Å². The summed E-state index contributed by atoms with van der Waals surface area (Å²) in [5, 5.41) is 5.33. The van der Waals surface area contributed by atoms with E-state index in [4.69, 9.17) is 0 Å². The lowest BCUT2D eigenvalue weighted by atomic mass is 10.1. The Hall–Kier alpha value is -1.06. The number of hydrogen-bond donors (Lipinski definition) is 2. The van der Waals surface area contributed by atoms with Crippen LogP contribution < -0.4 is 10.6 Å². The second-order valence-corrected chi connectivity index (χ2v) is 3.27. The molecular formula is C10H20N2O2. The fraction of sp³-hybridized carbons (Fsp3) is 0.800. The third-order valence-electron chi connectivity index (χ3n) is 2.13. The molecule has 0 aromatic rings. The summed E-state index contributed by atoms with van der Waals surface area (Å²) in [6, 6.07) is 0. The Morgan fingerprint density at radius 1 is 1.29 bits per heavy atom. The first kappa shape index (κ1) is 12.9. The van der Waals surface area contributed by atoms with Gasteiger partial charge in [-0.2, -0.15) is 0 Å². The molecule has 0 aliphatic heterocycles. The van der Waals surface area contributed by atoms with Gasteiger partial charge in [-0.1, -0.05) is 13.8 Å². The molecule has 0 aliphatic rings. The largest absolute Gasteiger partial charge is 0.359 e. The maximum atomic E-state index is 11.3. The van der Waals surface area contributed by atoms with E-state index in [1.807, 2.05) is 13.8 Å². The van der Waals surface area contributed by atoms with Gasteiger partial charge < -0.3 is 10.6 Å². The van der Waals surface area contributed by atoms with Crippen molar-refractivity contribution in [3.05, 3.63) is 0 Å².